The van der Waals surface area contributed by atoms with Crippen molar-refractivity contribution < 1.29 is 67.5 Å². The minimum Gasteiger partial charge on any atom is -0.462 e. The Morgan fingerprint density at radius 1 is 0.812 bits per heavy atom. The molecule has 14 heteroatoms. The number of carbonyl (C=O) groups excluding carboxylic acids is 1. The zero-order valence-corrected chi connectivity index (χ0v) is 39.0. The lowest BCUT2D eigenvalue weighted by atomic mass is 9.71. The Hall–Kier alpha value is -2.31. The van der Waals surface area contributed by atoms with Crippen molar-refractivity contribution in [3.63, 3.8) is 0 Å². The lowest BCUT2D eigenvalue weighted by molar-refractivity contribution is -0.318. The Morgan fingerprint density at radius 3 is 2.28 bits per heavy atom. The predicted molar refractivity (Wildman–Crippen MR) is 234 cm³/mol. The van der Waals surface area contributed by atoms with Crippen LogP contribution in [0.5, 0.6) is 0 Å². The van der Waals surface area contributed by atoms with Crippen LogP contribution < -0.4 is 0 Å². The highest BCUT2D eigenvalue weighted by Gasteiger charge is 2.60. The maximum atomic E-state index is 14.4. The normalized spacial score (nSPS) is 49.2. The molecule has 5 fully saturated rings. The Balaban J connectivity index is 1.08. The summed E-state index contributed by atoms with van der Waals surface area (Å²) in [5.41, 5.74) is 0.166. The Morgan fingerprint density at radius 2 is 1.53 bits per heavy atom. The molecule has 0 aromatic rings. The van der Waals surface area contributed by atoms with Crippen LogP contribution in [0.25, 0.3) is 0 Å². The van der Waals surface area contributed by atoms with Gasteiger partial charge in [-0.2, -0.15) is 0 Å². The first kappa shape index (κ1) is 48.2. The van der Waals surface area contributed by atoms with E-state index in [1.54, 1.807) is 40.2 Å². The van der Waals surface area contributed by atoms with E-state index in [0.717, 1.165) is 18.4 Å². The van der Waals surface area contributed by atoms with E-state index in [2.05, 4.69) is 32.9 Å². The van der Waals surface area contributed by atoms with Gasteiger partial charge < -0.3 is 62.7 Å². The highest BCUT2D eigenvalue weighted by Crippen LogP contribution is 2.48. The number of methoxy groups -OCH3 is 2. The first-order valence-electron chi connectivity index (χ1n) is 24.0. The Bertz CT molecular complexity index is 1790. The van der Waals surface area contributed by atoms with Gasteiger partial charge in [-0.3, -0.25) is 4.79 Å². The van der Waals surface area contributed by atoms with Gasteiger partial charge in [-0.05, 0) is 75.7 Å². The van der Waals surface area contributed by atoms with Gasteiger partial charge in [-0.15, -0.1) is 0 Å². The quantitative estimate of drug-likeness (QED) is 0.204. The van der Waals surface area contributed by atoms with Gasteiger partial charge in [0.15, 0.2) is 18.4 Å². The highest BCUT2D eigenvalue weighted by molar-refractivity contribution is 5.78. The third kappa shape index (κ3) is 9.82. The van der Waals surface area contributed by atoms with Gasteiger partial charge in [-0.1, -0.05) is 69.6 Å². The number of rotatable bonds is 7. The van der Waals surface area contributed by atoms with E-state index in [-0.39, 0.29) is 36.8 Å². The van der Waals surface area contributed by atoms with Crippen molar-refractivity contribution in [3.8, 4) is 0 Å². The van der Waals surface area contributed by atoms with E-state index in [9.17, 15) is 20.1 Å². The van der Waals surface area contributed by atoms with Crippen LogP contribution in [0.15, 0.2) is 59.3 Å². The average Bonchev–Trinajstić information content (AvgIpc) is 3.62. The van der Waals surface area contributed by atoms with E-state index in [4.69, 9.17) is 47.4 Å². The number of carbonyl (C=O) groups is 1. The molecule has 0 aromatic carbocycles. The molecule has 0 aromatic heterocycles. The van der Waals surface area contributed by atoms with E-state index >= 15 is 0 Å². The molecule has 1 saturated carbocycles. The highest BCUT2D eigenvalue weighted by atomic mass is 16.7. The summed E-state index contributed by atoms with van der Waals surface area (Å²) < 4.78 is 64.1. The Labute approximate surface area is 379 Å². The van der Waals surface area contributed by atoms with Crippen LogP contribution >= 0.6 is 0 Å². The van der Waals surface area contributed by atoms with Crippen molar-refractivity contribution in [3.05, 3.63) is 59.3 Å². The molecule has 8 rings (SSSR count). The molecule has 2 aliphatic carbocycles. The summed E-state index contributed by atoms with van der Waals surface area (Å²) in [7, 11) is 3.23. The molecular weight excluding hydrogens is 825 g/mol. The molecule has 3 unspecified atom stereocenters. The fourth-order valence-corrected chi connectivity index (χ4v) is 11.7. The molecule has 2 bridgehead atoms. The zero-order valence-electron chi connectivity index (χ0n) is 39.0. The Kier molecular flexibility index (Phi) is 15.1. The fraction of sp³-hybridized carbons (Fsp3) is 0.780. The number of esters is 1. The summed E-state index contributed by atoms with van der Waals surface area (Å²) in [5.74, 6) is -2.32. The van der Waals surface area contributed by atoms with Gasteiger partial charge in [0.2, 0.25) is 0 Å². The third-order valence-electron chi connectivity index (χ3n) is 15.4. The SMILES string of the molecule is CO[C@H]1CC(O[C@H]2[C@H](C)O[C@@H](OC3/C(C)=C/C[C@@H]4C[C@@H](C[C@]5(C=C[C@H](C)[C@@H](C6CCCCC6)O5)O4)OC(=O)[C@@H]4C=C(C)[C@@H](O)[C@H]5OC/C(=C\C=C\[C@@H]3C)C54O)C[C@@H]2OC)O[C@@H](C)[C@@H]1O. The van der Waals surface area contributed by atoms with Crippen molar-refractivity contribution in [2.75, 3.05) is 20.8 Å². The van der Waals surface area contributed by atoms with Gasteiger partial charge in [-0.25, -0.2) is 0 Å². The molecule has 64 heavy (non-hydrogen) atoms. The summed E-state index contributed by atoms with van der Waals surface area (Å²) in [6.07, 6.45) is 13.8. The molecule has 4 saturated heterocycles. The summed E-state index contributed by atoms with van der Waals surface area (Å²) in [5, 5.41) is 34.3. The molecule has 0 radical (unpaired) electrons. The average molecular weight is 899 g/mol. The second-order valence-electron chi connectivity index (χ2n) is 20.0. The number of fused-ring (bicyclic) bond motifs is 2. The third-order valence-corrected chi connectivity index (χ3v) is 15.4. The summed E-state index contributed by atoms with van der Waals surface area (Å²) in [4.78, 5) is 14.4. The molecule has 8 aliphatic rings. The minimum atomic E-state index is -1.83. The van der Waals surface area contributed by atoms with E-state index in [1.165, 1.54) is 19.3 Å². The number of aliphatic hydroxyl groups excluding tert-OH is 2. The van der Waals surface area contributed by atoms with Gasteiger partial charge >= 0.3 is 5.97 Å². The van der Waals surface area contributed by atoms with Crippen molar-refractivity contribution in [2.45, 2.75) is 203 Å². The number of hydrogen-bond donors (Lipinski definition) is 3. The van der Waals surface area contributed by atoms with E-state index < -0.39 is 90.8 Å². The minimum absolute atomic E-state index is 0.0242. The molecular formula is C50H74O14. The number of aliphatic hydroxyl groups is 3. The number of allylic oxidation sites excluding steroid dienone is 2. The van der Waals surface area contributed by atoms with Crippen molar-refractivity contribution in [2.24, 2.45) is 23.7 Å². The summed E-state index contributed by atoms with van der Waals surface area (Å²) in [6, 6.07) is 0. The fourth-order valence-electron chi connectivity index (χ4n) is 11.7. The topological polar surface area (TPSA) is 170 Å². The first-order chi connectivity index (χ1) is 30.6. The van der Waals surface area contributed by atoms with Gasteiger partial charge in [0.25, 0.3) is 0 Å². The van der Waals surface area contributed by atoms with Crippen LogP contribution in [0.1, 0.15) is 106 Å². The summed E-state index contributed by atoms with van der Waals surface area (Å²) >= 11 is 0. The molecule has 19 atom stereocenters. The predicted octanol–water partition coefficient (Wildman–Crippen LogP) is 5.91. The lowest BCUT2D eigenvalue weighted by Gasteiger charge is -2.49. The molecule has 0 amide bonds. The smallest absolute Gasteiger partial charge is 0.316 e. The van der Waals surface area contributed by atoms with E-state index in [0.29, 0.717) is 49.2 Å². The molecule has 14 nitrogen and oxygen atoms in total. The number of hydrogen-bond acceptors (Lipinski definition) is 14. The molecule has 1 spiro atoms. The van der Waals surface area contributed by atoms with Gasteiger partial charge in [0, 0.05) is 51.7 Å². The van der Waals surface area contributed by atoms with Crippen LogP contribution in [-0.4, -0.2) is 139 Å². The second-order valence-corrected chi connectivity index (χ2v) is 20.0. The molecule has 6 aliphatic heterocycles. The van der Waals surface area contributed by atoms with Crippen LogP contribution in [-0.2, 0) is 52.2 Å². The van der Waals surface area contributed by atoms with Crippen LogP contribution in [0.3, 0.4) is 0 Å². The van der Waals surface area contributed by atoms with Crippen molar-refractivity contribution >= 4 is 5.97 Å². The molecule has 6 heterocycles. The lowest BCUT2D eigenvalue weighted by Crippen LogP contribution is -2.58. The standard InChI is InChI=1S/C50H74O14/c1-27-13-12-16-34-26-57-47-42(51)30(4)21-37(50(34,47)54)48(53)60-36-22-35(63-49(25-36)20-19-29(3)45(64-49)33-14-10-9-11-15-33)18-17-28(2)44(27)61-41-24-39(56-8)46(32(6)59-41)62-40-23-38(55-7)43(52)31(5)58-40/h12-13,16-17,19-21,27,29,31-33,35-47,51-52,54H,9-11,14-15,18,22-26H2,1-8H3/b13-12+,28-17+,34-16+/t27-,29-,31-,32-,35+,36-,37-,38-,39-,40?,41-,42+,43-,44?,45-,46-,47+,49+,50?/m0/s1. The molecule has 3 N–H and O–H groups in total. The van der Waals surface area contributed by atoms with Crippen molar-refractivity contribution in [1.29, 1.82) is 0 Å². The number of ether oxygens (including phenoxy) is 10. The van der Waals surface area contributed by atoms with Crippen LogP contribution in [0.4, 0.5) is 0 Å². The van der Waals surface area contributed by atoms with E-state index in [1.807, 2.05) is 25.2 Å². The second kappa shape index (κ2) is 20.1. The van der Waals surface area contributed by atoms with Gasteiger partial charge in [0.1, 0.15) is 42.0 Å². The molecule has 358 valence electrons. The maximum Gasteiger partial charge on any atom is 0.316 e. The van der Waals surface area contributed by atoms with Crippen LogP contribution in [0.2, 0.25) is 0 Å². The maximum absolute atomic E-state index is 14.4. The zero-order chi connectivity index (χ0) is 45.5. The van der Waals surface area contributed by atoms with Crippen molar-refractivity contribution in [1.82, 2.24) is 0 Å². The first-order valence-corrected chi connectivity index (χ1v) is 24.0. The van der Waals surface area contributed by atoms with Crippen LogP contribution in [0, 0.1) is 23.7 Å². The summed E-state index contributed by atoms with van der Waals surface area (Å²) in [6.45, 7) is 11.9. The largest absolute Gasteiger partial charge is 0.462 e. The van der Waals surface area contributed by atoms with Gasteiger partial charge in [0.05, 0.1) is 49.3 Å². The monoisotopic (exact) mass is 899 g/mol.